The molecule has 2 aromatic rings. The van der Waals surface area contributed by atoms with E-state index >= 15 is 0 Å². The zero-order chi connectivity index (χ0) is 26.4. The number of nitrogens with zero attached hydrogens (tertiary/aromatic N) is 4. The fraction of sp³-hybridized carbons (Fsp3) is 0.593. The lowest BCUT2D eigenvalue weighted by Gasteiger charge is -2.37. The molecular weight excluding hydrogens is 486 g/mol. The minimum atomic E-state index is -0.926. The number of urea groups is 1. The molecule has 6 rings (SSSR count). The van der Waals surface area contributed by atoms with Crippen LogP contribution in [-0.2, 0) is 27.3 Å². The van der Waals surface area contributed by atoms with Gasteiger partial charge in [-0.3, -0.25) is 24.8 Å². The molecule has 0 aliphatic carbocycles. The van der Waals surface area contributed by atoms with Crippen LogP contribution in [0.5, 0.6) is 0 Å². The molecule has 4 aliphatic rings. The Hall–Kier alpha value is -3.47. The standard InChI is InChI=1S/C27H35N7O4/c1-17-12-18-13-19(14-22(35)33-8-4-27(5-9-33)25(37)29-26(38)30-27)24(36)34(11-10-32-6-2-3-7-32)16-21(18)20-15-28-31-23(17)20/h12,15,19H,2-11,13-14,16H2,1H3,(H,28,31)(H2,29,30,37,38)/t19-/m1/s1. The highest BCUT2D eigenvalue weighted by Crippen LogP contribution is 2.33. The molecule has 5 heterocycles. The first-order chi connectivity index (χ1) is 18.3. The van der Waals surface area contributed by atoms with Crippen LogP contribution in [0.15, 0.2) is 12.3 Å². The van der Waals surface area contributed by atoms with Crippen LogP contribution < -0.4 is 10.6 Å². The van der Waals surface area contributed by atoms with Gasteiger partial charge in [0.2, 0.25) is 11.8 Å². The maximum atomic E-state index is 13.9. The maximum Gasteiger partial charge on any atom is 0.322 e. The van der Waals surface area contributed by atoms with Gasteiger partial charge in [-0.2, -0.15) is 5.10 Å². The van der Waals surface area contributed by atoms with Crippen molar-refractivity contribution < 1.29 is 19.2 Å². The molecule has 4 aliphatic heterocycles. The van der Waals surface area contributed by atoms with E-state index in [1.807, 2.05) is 18.0 Å². The number of fused-ring (bicyclic) bond motifs is 3. The van der Waals surface area contributed by atoms with Gasteiger partial charge in [-0.05, 0) is 68.8 Å². The highest BCUT2D eigenvalue weighted by Gasteiger charge is 2.48. The van der Waals surface area contributed by atoms with Crippen molar-refractivity contribution in [2.75, 3.05) is 39.3 Å². The van der Waals surface area contributed by atoms with E-state index < -0.39 is 17.5 Å². The number of likely N-dealkylation sites (tertiary alicyclic amines) is 2. The van der Waals surface area contributed by atoms with Gasteiger partial charge in [0, 0.05) is 44.5 Å². The third-order valence-electron chi connectivity index (χ3n) is 8.90. The van der Waals surface area contributed by atoms with Crippen LogP contribution >= 0.6 is 0 Å². The van der Waals surface area contributed by atoms with E-state index in [-0.39, 0.29) is 24.1 Å². The smallest absolute Gasteiger partial charge is 0.322 e. The molecule has 3 saturated heterocycles. The molecule has 38 heavy (non-hydrogen) atoms. The van der Waals surface area contributed by atoms with E-state index in [0.29, 0.717) is 45.4 Å². The van der Waals surface area contributed by atoms with Gasteiger partial charge in [0.05, 0.1) is 17.6 Å². The Bertz CT molecular complexity index is 1290. The number of amides is 5. The molecule has 0 unspecified atom stereocenters. The highest BCUT2D eigenvalue weighted by molar-refractivity contribution is 6.07. The number of benzene rings is 1. The minimum Gasteiger partial charge on any atom is -0.342 e. The number of aromatic amines is 1. The summed E-state index contributed by atoms with van der Waals surface area (Å²) in [6, 6.07) is 1.66. The zero-order valence-electron chi connectivity index (χ0n) is 21.8. The highest BCUT2D eigenvalue weighted by atomic mass is 16.2. The van der Waals surface area contributed by atoms with Crippen molar-refractivity contribution in [1.82, 2.24) is 35.5 Å². The number of aryl methyl sites for hydroxylation is 1. The van der Waals surface area contributed by atoms with E-state index in [2.05, 4.69) is 31.8 Å². The lowest BCUT2D eigenvalue weighted by atomic mass is 9.87. The summed E-state index contributed by atoms with van der Waals surface area (Å²) in [5.41, 5.74) is 3.37. The lowest BCUT2D eigenvalue weighted by molar-refractivity contribution is -0.142. The van der Waals surface area contributed by atoms with E-state index in [0.717, 1.165) is 47.2 Å². The Labute approximate surface area is 221 Å². The number of nitrogens with one attached hydrogen (secondary N) is 3. The van der Waals surface area contributed by atoms with E-state index in [4.69, 9.17) is 0 Å². The van der Waals surface area contributed by atoms with Gasteiger partial charge in [0.15, 0.2) is 0 Å². The summed E-state index contributed by atoms with van der Waals surface area (Å²) >= 11 is 0. The first-order valence-electron chi connectivity index (χ1n) is 13.7. The van der Waals surface area contributed by atoms with Crippen LogP contribution in [0.25, 0.3) is 10.9 Å². The lowest BCUT2D eigenvalue weighted by Crippen LogP contribution is -2.56. The molecule has 1 spiro atoms. The minimum absolute atomic E-state index is 0.0268. The van der Waals surface area contributed by atoms with Crippen LogP contribution in [0.2, 0.25) is 0 Å². The Kier molecular flexibility index (Phi) is 6.33. The normalized spacial score (nSPS) is 23.6. The summed E-state index contributed by atoms with van der Waals surface area (Å²) in [4.78, 5) is 57.4. The number of rotatable bonds is 5. The predicted molar refractivity (Wildman–Crippen MR) is 139 cm³/mol. The first-order valence-corrected chi connectivity index (χ1v) is 13.7. The van der Waals surface area contributed by atoms with Crippen molar-refractivity contribution in [3.8, 4) is 0 Å². The van der Waals surface area contributed by atoms with Crippen molar-refractivity contribution >= 4 is 34.7 Å². The SMILES string of the molecule is Cc1cc2c(c3cn[nH]c13)CN(CCN1CCCC1)C(=O)[C@@H](CC(=O)N1CCC3(CC1)NC(=O)NC3=O)C2. The quantitative estimate of drug-likeness (QED) is 0.505. The molecule has 0 saturated carbocycles. The molecule has 0 radical (unpaired) electrons. The molecule has 0 bridgehead atoms. The number of imide groups is 1. The summed E-state index contributed by atoms with van der Waals surface area (Å²) < 4.78 is 0. The Morgan fingerprint density at radius 1 is 1.11 bits per heavy atom. The van der Waals surface area contributed by atoms with Gasteiger partial charge >= 0.3 is 6.03 Å². The third kappa shape index (κ3) is 4.42. The van der Waals surface area contributed by atoms with Crippen LogP contribution in [0.4, 0.5) is 4.79 Å². The average molecular weight is 522 g/mol. The first kappa shape index (κ1) is 24.8. The van der Waals surface area contributed by atoms with Gasteiger partial charge in [-0.1, -0.05) is 6.07 Å². The van der Waals surface area contributed by atoms with Crippen molar-refractivity contribution in [2.45, 2.75) is 57.5 Å². The Morgan fingerprint density at radius 3 is 2.58 bits per heavy atom. The van der Waals surface area contributed by atoms with Crippen molar-refractivity contribution in [3.63, 3.8) is 0 Å². The molecule has 3 fully saturated rings. The zero-order valence-corrected chi connectivity index (χ0v) is 21.8. The van der Waals surface area contributed by atoms with Crippen LogP contribution in [0.3, 0.4) is 0 Å². The maximum absolute atomic E-state index is 13.9. The van der Waals surface area contributed by atoms with Crippen molar-refractivity contribution in [2.24, 2.45) is 5.92 Å². The third-order valence-corrected chi connectivity index (χ3v) is 8.90. The summed E-state index contributed by atoms with van der Waals surface area (Å²) in [7, 11) is 0. The summed E-state index contributed by atoms with van der Waals surface area (Å²) in [6.07, 6.45) is 5.63. The molecule has 11 nitrogen and oxygen atoms in total. The van der Waals surface area contributed by atoms with Gasteiger partial charge in [-0.15, -0.1) is 0 Å². The number of hydrogen-bond donors (Lipinski definition) is 3. The van der Waals surface area contributed by atoms with Crippen molar-refractivity contribution in [1.29, 1.82) is 0 Å². The van der Waals surface area contributed by atoms with Crippen LogP contribution in [0.1, 0.15) is 48.8 Å². The summed E-state index contributed by atoms with van der Waals surface area (Å²) in [5, 5.41) is 13.5. The number of aromatic nitrogens is 2. The van der Waals surface area contributed by atoms with Gasteiger partial charge in [0.25, 0.3) is 5.91 Å². The summed E-state index contributed by atoms with van der Waals surface area (Å²) in [6.45, 7) is 6.92. The Balaban J connectivity index is 1.21. The van der Waals surface area contributed by atoms with Gasteiger partial charge in [0.1, 0.15) is 5.54 Å². The monoisotopic (exact) mass is 521 g/mol. The molecular formula is C27H35N7O4. The number of carbonyl (C=O) groups excluding carboxylic acids is 4. The van der Waals surface area contributed by atoms with Gasteiger partial charge < -0.3 is 20.0 Å². The second-order valence-electron chi connectivity index (χ2n) is 11.3. The van der Waals surface area contributed by atoms with Crippen LogP contribution in [-0.4, -0.2) is 93.5 Å². The van der Waals surface area contributed by atoms with E-state index in [1.54, 1.807) is 4.90 Å². The van der Waals surface area contributed by atoms with Crippen molar-refractivity contribution in [3.05, 3.63) is 29.0 Å². The second-order valence-corrected chi connectivity index (χ2v) is 11.3. The number of hydrogen-bond acceptors (Lipinski definition) is 6. The Morgan fingerprint density at radius 2 is 1.87 bits per heavy atom. The molecule has 1 aromatic heterocycles. The number of carbonyl (C=O) groups is 4. The van der Waals surface area contributed by atoms with E-state index in [1.165, 1.54) is 12.8 Å². The summed E-state index contributed by atoms with van der Waals surface area (Å²) in [5.74, 6) is -0.817. The number of piperidine rings is 1. The average Bonchev–Trinajstić information content (AvgIpc) is 3.63. The second kappa shape index (κ2) is 9.68. The molecule has 1 atom stereocenters. The molecule has 202 valence electrons. The molecule has 1 aromatic carbocycles. The molecule has 11 heteroatoms. The van der Waals surface area contributed by atoms with E-state index in [9.17, 15) is 19.2 Å². The fourth-order valence-electron chi connectivity index (χ4n) is 6.63. The molecule has 3 N–H and O–H groups in total. The van der Waals surface area contributed by atoms with Crippen LogP contribution in [0, 0.1) is 12.8 Å². The predicted octanol–water partition coefficient (Wildman–Crippen LogP) is 1.06. The number of H-pyrrole nitrogens is 1. The largest absolute Gasteiger partial charge is 0.342 e. The van der Waals surface area contributed by atoms with Gasteiger partial charge in [-0.25, -0.2) is 4.79 Å². The fourth-order valence-corrected chi connectivity index (χ4v) is 6.63. The topological polar surface area (TPSA) is 131 Å². The molecule has 5 amide bonds.